The molecule has 16 heavy (non-hydrogen) atoms. The van der Waals surface area contributed by atoms with Gasteiger partial charge in [-0.25, -0.2) is 0 Å². The molecule has 0 spiro atoms. The van der Waals surface area contributed by atoms with E-state index in [1.54, 1.807) is 0 Å². The van der Waals surface area contributed by atoms with Crippen LogP contribution in [0.3, 0.4) is 0 Å². The third kappa shape index (κ3) is 2.53. The van der Waals surface area contributed by atoms with Crippen molar-refractivity contribution < 1.29 is 0 Å². The van der Waals surface area contributed by atoms with Crippen LogP contribution in [0.1, 0.15) is 5.69 Å². The molecule has 1 heterocycles. The average Bonchev–Trinajstić information content (AvgIpc) is 2.29. The fourth-order valence-electron chi connectivity index (χ4n) is 1.54. The summed E-state index contributed by atoms with van der Waals surface area (Å²) in [5.74, 6) is 0. The molecule has 1 nitrogen and oxygen atoms in total. The van der Waals surface area contributed by atoms with E-state index < -0.39 is 7.92 Å². The molecule has 0 saturated carbocycles. The lowest BCUT2D eigenvalue weighted by molar-refractivity contribution is 1.32. The molecule has 0 aliphatic rings. The Kier molecular flexibility index (Phi) is 3.77. The lowest BCUT2D eigenvalue weighted by Gasteiger charge is -2.15. The number of pyridine rings is 1. The number of aromatic nitrogens is 1. The van der Waals surface area contributed by atoms with Crippen molar-refractivity contribution in [2.24, 2.45) is 0 Å². The van der Waals surface area contributed by atoms with Gasteiger partial charge in [0.15, 0.2) is 16.3 Å². The summed E-state index contributed by atoms with van der Waals surface area (Å²) in [5, 5.41) is 1.33. The fraction of sp³-hybridized carbons (Fsp3) is 0.0769. The molecule has 0 amide bonds. The van der Waals surface area contributed by atoms with Gasteiger partial charge in [0.05, 0.1) is 5.44 Å². The Labute approximate surface area is 106 Å². The van der Waals surface area contributed by atoms with Crippen LogP contribution in [0, 0.1) is 6.92 Å². The summed E-state index contributed by atoms with van der Waals surface area (Å²) in [5.41, 5.74) is 1.66. The molecule has 2 rings (SSSR count). The van der Waals surface area contributed by atoms with Gasteiger partial charge in [-0.2, -0.15) is 0 Å². The summed E-state index contributed by atoms with van der Waals surface area (Å²) >= 11 is 2.78. The van der Waals surface area contributed by atoms with Crippen LogP contribution >= 0.6 is 7.92 Å². The second kappa shape index (κ2) is 5.11. The topological polar surface area (TPSA) is 12.9 Å². The molecule has 0 N–H and O–H groups in total. The molecule has 1 aromatic heterocycles. The molecule has 0 aliphatic heterocycles. The van der Waals surface area contributed by atoms with Gasteiger partial charge in [0.1, 0.15) is 0 Å². The summed E-state index contributed by atoms with van der Waals surface area (Å²) in [4.78, 5) is 4.39. The molecule has 0 saturated heterocycles. The summed E-state index contributed by atoms with van der Waals surface area (Å²) in [6.45, 7) is 7.91. The number of benzene rings is 1. The molecule has 1 unspecified atom stereocenters. The predicted octanol–water partition coefficient (Wildman–Crippen LogP) is 0.997. The van der Waals surface area contributed by atoms with Crippen LogP contribution in [0.4, 0.5) is 0 Å². The van der Waals surface area contributed by atoms with Gasteiger partial charge >= 0.3 is 0 Å². The minimum Gasteiger partial charge on any atom is -0.252 e. The molecule has 0 bridgehead atoms. The van der Waals surface area contributed by atoms with E-state index in [0.29, 0.717) is 5.69 Å². The maximum absolute atomic E-state index is 5.71. The molecular formula is C13H11AlNP. The zero-order valence-corrected chi connectivity index (χ0v) is 11.1. The average molecular weight is 239 g/mol. The van der Waals surface area contributed by atoms with Crippen molar-refractivity contribution in [3.63, 3.8) is 0 Å². The first-order valence-corrected chi connectivity index (χ1v) is 7.36. The highest BCUT2D eigenvalue weighted by Crippen LogP contribution is 2.26. The van der Waals surface area contributed by atoms with Gasteiger partial charge in [-0.1, -0.05) is 30.3 Å². The minimum atomic E-state index is -0.420. The van der Waals surface area contributed by atoms with Gasteiger partial charge in [0.2, 0.25) is 0 Å². The maximum atomic E-state index is 5.71. The van der Waals surface area contributed by atoms with E-state index in [0.717, 1.165) is 5.44 Å². The zero-order valence-electron chi connectivity index (χ0n) is 9.09. The minimum absolute atomic E-state index is 0.420. The van der Waals surface area contributed by atoms with Crippen molar-refractivity contribution in [1.29, 1.82) is 0 Å². The Bertz CT molecular complexity index is 499. The van der Waals surface area contributed by atoms with Crippen molar-refractivity contribution in [2.45, 2.75) is 0 Å². The molecule has 76 valence electrons. The Morgan fingerprint density at radius 2 is 1.88 bits per heavy atom. The van der Waals surface area contributed by atoms with Crippen molar-refractivity contribution in [1.82, 2.24) is 4.98 Å². The molecule has 0 fully saturated rings. The van der Waals surface area contributed by atoms with E-state index in [9.17, 15) is 0 Å². The lowest BCUT2D eigenvalue weighted by Crippen LogP contribution is -2.27. The first kappa shape index (κ1) is 11.8. The molecule has 1 atom stereocenters. The first-order valence-electron chi connectivity index (χ1n) is 4.99. The second-order valence-electron chi connectivity index (χ2n) is 3.54. The van der Waals surface area contributed by atoms with Crippen molar-refractivity contribution in [2.75, 3.05) is 6.66 Å². The fourth-order valence-corrected chi connectivity index (χ4v) is 3.92. The van der Waals surface area contributed by atoms with Crippen LogP contribution < -0.4 is 15.2 Å². The van der Waals surface area contributed by atoms with Gasteiger partial charge in [-0.15, -0.1) is 4.43 Å². The van der Waals surface area contributed by atoms with Crippen molar-refractivity contribution in [3.8, 4) is 0 Å². The number of rotatable bonds is 2. The van der Waals surface area contributed by atoms with Crippen LogP contribution in [0.25, 0.3) is 0 Å². The van der Waals surface area contributed by atoms with Gasteiger partial charge < -0.3 is 0 Å². The van der Waals surface area contributed by atoms with E-state index in [1.165, 1.54) is 9.73 Å². The SMILES string of the molecule is [CH]c1cccc(P(C)c2cccc[c]2[Al])n1. The van der Waals surface area contributed by atoms with E-state index in [1.807, 2.05) is 24.3 Å². The van der Waals surface area contributed by atoms with Gasteiger partial charge in [-0.05, 0) is 32.0 Å². The second-order valence-corrected chi connectivity index (χ2v) is 6.22. The number of hydrogen-bond acceptors (Lipinski definition) is 1. The van der Waals surface area contributed by atoms with Crippen LogP contribution in [-0.4, -0.2) is 27.9 Å². The highest BCUT2D eigenvalue weighted by molar-refractivity contribution is 7.72. The highest BCUT2D eigenvalue weighted by Gasteiger charge is 2.10. The summed E-state index contributed by atoms with van der Waals surface area (Å²) in [6.07, 6.45) is 0. The van der Waals surface area contributed by atoms with Gasteiger partial charge in [-0.3, -0.25) is 4.98 Å². The van der Waals surface area contributed by atoms with Gasteiger partial charge in [0, 0.05) is 12.6 Å². The quantitative estimate of drug-likeness (QED) is 0.562. The smallest absolute Gasteiger partial charge is 0.176 e. The third-order valence-electron chi connectivity index (χ3n) is 2.40. The molecule has 2 aromatic rings. The number of nitrogens with zero attached hydrogens (tertiary/aromatic N) is 1. The van der Waals surface area contributed by atoms with Crippen LogP contribution in [0.2, 0.25) is 0 Å². The molecule has 1 aromatic carbocycles. The summed E-state index contributed by atoms with van der Waals surface area (Å²) in [7, 11) is -0.420. The Hall–Kier alpha value is -0.668. The predicted molar refractivity (Wildman–Crippen MR) is 71.6 cm³/mol. The summed E-state index contributed by atoms with van der Waals surface area (Å²) in [6, 6.07) is 14.2. The van der Waals surface area contributed by atoms with Crippen molar-refractivity contribution >= 4 is 39.4 Å². The van der Waals surface area contributed by atoms with E-state index in [2.05, 4.69) is 46.1 Å². The standard InChI is InChI=1S/C13H11NP.Al/c1-11-7-6-10-13(14-11)15(2)12-8-4-3-5-9-12;/h1,3-8,10H,2H3;. The third-order valence-corrected chi connectivity index (χ3v) is 5.21. The van der Waals surface area contributed by atoms with E-state index in [4.69, 9.17) is 6.92 Å². The van der Waals surface area contributed by atoms with E-state index in [-0.39, 0.29) is 0 Å². The largest absolute Gasteiger partial charge is 0.252 e. The van der Waals surface area contributed by atoms with Gasteiger partial charge in [0.25, 0.3) is 0 Å². The molecule has 0 aliphatic carbocycles. The normalized spacial score (nSPS) is 12.4. The summed E-state index contributed by atoms with van der Waals surface area (Å²) < 4.78 is 1.24. The highest BCUT2D eigenvalue weighted by atomic mass is 31.1. The lowest BCUT2D eigenvalue weighted by atomic mass is 10.4. The van der Waals surface area contributed by atoms with Crippen LogP contribution in [-0.2, 0) is 0 Å². The van der Waals surface area contributed by atoms with Crippen LogP contribution in [0.5, 0.6) is 0 Å². The number of hydrogen-bond donors (Lipinski definition) is 0. The monoisotopic (exact) mass is 239 g/mol. The zero-order chi connectivity index (χ0) is 11.5. The molecule has 3 heteroatoms. The molecule has 4 radical (unpaired) electrons. The molecular weight excluding hydrogens is 228 g/mol. The Morgan fingerprint density at radius 3 is 2.56 bits per heavy atom. The maximum Gasteiger partial charge on any atom is 0.176 e. The Morgan fingerprint density at radius 1 is 1.12 bits per heavy atom. The first-order chi connectivity index (χ1) is 7.68. The van der Waals surface area contributed by atoms with Crippen molar-refractivity contribution in [3.05, 3.63) is 55.1 Å². The van der Waals surface area contributed by atoms with E-state index >= 15 is 0 Å². The Balaban J connectivity index is 2.39. The van der Waals surface area contributed by atoms with Crippen LogP contribution in [0.15, 0.2) is 42.5 Å².